The van der Waals surface area contributed by atoms with Gasteiger partial charge in [0.25, 0.3) is 0 Å². The quantitative estimate of drug-likeness (QED) is 0.323. The molecule has 0 heterocycles. The molecule has 0 rings (SSSR count). The molecule has 0 unspecified atom stereocenters. The van der Waals surface area contributed by atoms with Crippen molar-refractivity contribution in [1.29, 1.82) is 0 Å². The zero-order chi connectivity index (χ0) is 8.08. The van der Waals surface area contributed by atoms with Gasteiger partial charge in [-0.3, -0.25) is 0 Å². The molecule has 0 spiro atoms. The molecule has 56 valence electrons. The Labute approximate surface area is 147 Å². The van der Waals surface area contributed by atoms with Crippen LogP contribution in [-0.4, -0.2) is 11.3 Å². The summed E-state index contributed by atoms with van der Waals surface area (Å²) in [5.41, 5.74) is 0. The fraction of sp³-hybridized carbons (Fsp3) is 0. The maximum atomic E-state index is 8.55. The predicted molar refractivity (Wildman–Crippen MR) is 15.6 cm³/mol. The van der Waals surface area contributed by atoms with Crippen LogP contribution in [0.2, 0.25) is 0 Å². The third-order valence-electron chi connectivity index (χ3n) is 0. The minimum Gasteiger partial charge on any atom is -0.822 e. The molecule has 0 amide bonds. The van der Waals surface area contributed by atoms with Gasteiger partial charge in [0.05, 0.1) is 0 Å². The van der Waals surface area contributed by atoms with Crippen LogP contribution in [0.1, 0.15) is 0 Å². The minimum atomic E-state index is -5.39. The Bertz CT molecular complexity index is 116. The monoisotopic (exact) mass is 234 g/mol. The van der Waals surface area contributed by atoms with Gasteiger partial charge in [-0.1, -0.05) is 0 Å². The summed E-state index contributed by atoms with van der Waals surface area (Å²) in [5.74, 6) is 0. The second kappa shape index (κ2) is 12.7. The first-order valence-corrected chi connectivity index (χ1v) is 2.82. The van der Waals surface area contributed by atoms with Crippen LogP contribution >= 0.6 is 7.82 Å². The Morgan fingerprint density at radius 1 is 1.18 bits per heavy atom. The number of rotatable bonds is 0. The summed E-state index contributed by atoms with van der Waals surface area (Å²) in [6.45, 7) is 0. The van der Waals surface area contributed by atoms with Gasteiger partial charge in [0.1, 0.15) is 0 Å². The molecule has 0 aliphatic carbocycles. The molecule has 0 fully saturated rings. The molecule has 11 heavy (non-hydrogen) atoms. The van der Waals surface area contributed by atoms with E-state index in [1.165, 1.54) is 0 Å². The normalized spacial score (nSPS) is 7.55. The summed E-state index contributed by atoms with van der Waals surface area (Å²) in [5, 5.41) is 15.3. The van der Waals surface area contributed by atoms with Crippen LogP contribution in [0, 0.1) is 0 Å². The molecule has 10 heteroatoms. The van der Waals surface area contributed by atoms with Crippen molar-refractivity contribution in [2.75, 3.05) is 0 Å². The van der Waals surface area contributed by atoms with Gasteiger partial charge in [0, 0.05) is 0 Å². The molecule has 0 saturated heterocycles. The first-order chi connectivity index (χ1) is 3.73. The molecule has 0 atom stereocenters. The molecule has 0 aromatic rings. The largest absolute Gasteiger partial charge is 1.00 e. The van der Waals surface area contributed by atoms with Crippen LogP contribution in [0.15, 0.2) is 0 Å². The van der Waals surface area contributed by atoms with E-state index in [2.05, 4.69) is 0 Å². The van der Waals surface area contributed by atoms with E-state index in [0.717, 1.165) is 0 Å². The zero-order valence-electron chi connectivity index (χ0n) is 5.84. The van der Waals surface area contributed by atoms with E-state index in [-0.39, 0.29) is 103 Å². The van der Waals surface area contributed by atoms with Crippen LogP contribution < -0.4 is 123 Å². The van der Waals surface area contributed by atoms with Crippen LogP contribution in [0.5, 0.6) is 0 Å². The third-order valence-corrected chi connectivity index (χ3v) is 0. The van der Waals surface area contributed by atoms with E-state index in [4.69, 9.17) is 34.3 Å². The summed E-state index contributed by atoms with van der Waals surface area (Å²) in [6, 6.07) is 0. The van der Waals surface area contributed by atoms with Crippen LogP contribution in [0.25, 0.3) is 0 Å². The van der Waals surface area contributed by atoms with Gasteiger partial charge in [-0.15, -0.1) is 0 Å². The maximum absolute atomic E-state index is 8.55. The van der Waals surface area contributed by atoms with Crippen molar-refractivity contribution < 1.29 is 137 Å². The Hall–Kier alpha value is 2.65. The molecule has 0 aliphatic heterocycles. The molecular weight excluding hydrogens is 233 g/mol. The number of hydrogen-bond donors (Lipinski definition) is 1. The van der Waals surface area contributed by atoms with E-state index < -0.39 is 14.0 Å². The zero-order valence-corrected chi connectivity index (χ0v) is 13.0. The average molecular weight is 234 g/mol. The van der Waals surface area contributed by atoms with Crippen molar-refractivity contribution in [2.45, 2.75) is 0 Å². The number of carboxylic acid groups (broad SMARTS) is 2. The van der Waals surface area contributed by atoms with Crippen molar-refractivity contribution in [2.24, 2.45) is 0 Å². The van der Waals surface area contributed by atoms with Crippen molar-refractivity contribution in [3.05, 3.63) is 0 Å². The summed E-state index contributed by atoms with van der Waals surface area (Å²) < 4.78 is 8.55. The Kier molecular flexibility index (Phi) is 27.0. The SMILES string of the molecule is O=C([O-])O.O=P([O-])([O-])[O-].[K+].[K+]. The number of phosphoric acid groups is 1. The standard InChI is InChI=1S/CH2O3.2K.H3O4P/c2-1(3)4;;;1-5(2,3)4/h(H2,2,3,4);;;(H3,1,2,3,4)/q;2*+1;/p-4. The van der Waals surface area contributed by atoms with Gasteiger partial charge in [-0.05, 0) is 0 Å². The smallest absolute Gasteiger partial charge is 0.822 e. The number of carbonyl (C=O) groups is 1. The minimum absolute atomic E-state index is 0. The predicted octanol–water partition coefficient (Wildman–Crippen LogP) is -9.93. The fourth-order valence-electron chi connectivity index (χ4n) is 0. The molecular formula is CHK2O7P-2. The van der Waals surface area contributed by atoms with Crippen LogP contribution in [0.4, 0.5) is 4.79 Å². The molecule has 0 aromatic carbocycles. The first-order valence-electron chi connectivity index (χ1n) is 1.36. The van der Waals surface area contributed by atoms with E-state index in [1.54, 1.807) is 0 Å². The van der Waals surface area contributed by atoms with Crippen molar-refractivity contribution >= 4 is 14.0 Å². The summed E-state index contributed by atoms with van der Waals surface area (Å²) >= 11 is 0. The summed E-state index contributed by atoms with van der Waals surface area (Å²) in [7, 11) is -5.39. The van der Waals surface area contributed by atoms with Gasteiger partial charge >= 0.3 is 103 Å². The summed E-state index contributed by atoms with van der Waals surface area (Å²) in [6.07, 6.45) is -2.08. The first kappa shape index (κ1) is 23.5. The van der Waals surface area contributed by atoms with Crippen molar-refractivity contribution in [3.8, 4) is 0 Å². The van der Waals surface area contributed by atoms with Crippen LogP contribution in [-0.2, 0) is 4.57 Å². The molecule has 0 aromatic heterocycles. The second-order valence-corrected chi connectivity index (χ2v) is 1.61. The topological polar surface area (TPSA) is 147 Å². The van der Waals surface area contributed by atoms with Crippen LogP contribution in [0.3, 0.4) is 0 Å². The molecule has 7 nitrogen and oxygen atoms in total. The average Bonchev–Trinajstić information content (AvgIpc) is 1.19. The number of hydrogen-bond acceptors (Lipinski definition) is 6. The van der Waals surface area contributed by atoms with E-state index in [9.17, 15) is 0 Å². The van der Waals surface area contributed by atoms with Gasteiger partial charge in [-0.2, -0.15) is 7.82 Å². The molecule has 0 aliphatic rings. The van der Waals surface area contributed by atoms with E-state index in [0.29, 0.717) is 0 Å². The Morgan fingerprint density at radius 2 is 1.18 bits per heavy atom. The Balaban J connectivity index is -0.0000000383. The second-order valence-electron chi connectivity index (χ2n) is 0.713. The molecule has 1 N–H and O–H groups in total. The van der Waals surface area contributed by atoms with E-state index >= 15 is 0 Å². The van der Waals surface area contributed by atoms with Gasteiger partial charge in [0.15, 0.2) is 0 Å². The molecule has 0 saturated carbocycles. The van der Waals surface area contributed by atoms with Crippen molar-refractivity contribution in [1.82, 2.24) is 0 Å². The van der Waals surface area contributed by atoms with Crippen molar-refractivity contribution in [3.63, 3.8) is 0 Å². The molecule has 0 radical (unpaired) electrons. The summed E-state index contributed by atoms with van der Waals surface area (Å²) in [4.78, 5) is 34.1. The maximum Gasteiger partial charge on any atom is 1.00 e. The fourth-order valence-corrected chi connectivity index (χ4v) is 0. The van der Waals surface area contributed by atoms with E-state index in [1.807, 2.05) is 0 Å². The van der Waals surface area contributed by atoms with Gasteiger partial charge in [-0.25, -0.2) is 0 Å². The Morgan fingerprint density at radius 3 is 1.18 bits per heavy atom. The third kappa shape index (κ3) is 204. The van der Waals surface area contributed by atoms with Gasteiger partial charge < -0.3 is 34.3 Å². The molecule has 0 bridgehead atoms. The van der Waals surface area contributed by atoms with Gasteiger partial charge in [0.2, 0.25) is 6.16 Å².